The lowest BCUT2D eigenvalue weighted by molar-refractivity contribution is -0.384. The standard InChI is InChI=1S/C29H25N3O7S2/c1-5-38-28(34)25-16(2)30-29-31(26(25)17-6-10-20(40-4)11-7-17)27(33)24(41-29)15-19-9-13-23(39-19)21-12-8-18(37-3)14-22(21)32(35)36/h6-15,26H,5H2,1-4H3/b24-15-/t26-/m1/s1. The molecule has 2 aromatic carbocycles. The van der Waals surface area contributed by atoms with Gasteiger partial charge in [0.05, 0.1) is 52.1 Å². The van der Waals surface area contributed by atoms with E-state index in [9.17, 15) is 19.7 Å². The normalized spacial score (nSPS) is 14.9. The van der Waals surface area contributed by atoms with E-state index in [0.717, 1.165) is 21.8 Å². The number of nitrogens with zero attached hydrogens (tertiary/aromatic N) is 3. The summed E-state index contributed by atoms with van der Waals surface area (Å²) in [6.45, 7) is 3.64. The number of methoxy groups -OCH3 is 1. The summed E-state index contributed by atoms with van der Waals surface area (Å²) in [5.41, 5.74) is 1.28. The van der Waals surface area contributed by atoms with Gasteiger partial charge in [-0.1, -0.05) is 23.5 Å². The Bertz CT molecular complexity index is 1870. The van der Waals surface area contributed by atoms with Gasteiger partial charge < -0.3 is 13.9 Å². The highest BCUT2D eigenvalue weighted by molar-refractivity contribution is 7.98. The SMILES string of the molecule is CCOC(=O)C1=C(C)N=c2s/c(=C\c3ccc(-c4ccc(OC)cc4[N+](=O)[O-])o3)c(=O)n2[C@@H]1c1ccc(SC)cc1. The van der Waals surface area contributed by atoms with E-state index in [0.29, 0.717) is 32.1 Å². The molecule has 0 N–H and O–H groups in total. The fourth-order valence-corrected chi connectivity index (χ4v) is 6.03. The number of fused-ring (bicyclic) bond motifs is 1. The van der Waals surface area contributed by atoms with Crippen LogP contribution in [-0.4, -0.2) is 35.4 Å². The van der Waals surface area contributed by atoms with Crippen LogP contribution in [0.1, 0.15) is 31.2 Å². The van der Waals surface area contributed by atoms with Crippen LogP contribution >= 0.6 is 23.1 Å². The number of carbonyl (C=O) groups excluding carboxylic acids is 1. The van der Waals surface area contributed by atoms with Gasteiger partial charge in [-0.3, -0.25) is 19.5 Å². The van der Waals surface area contributed by atoms with Crippen molar-refractivity contribution in [2.75, 3.05) is 20.0 Å². The number of nitro groups is 1. The monoisotopic (exact) mass is 591 g/mol. The van der Waals surface area contributed by atoms with Gasteiger partial charge >= 0.3 is 5.97 Å². The van der Waals surface area contributed by atoms with Gasteiger partial charge in [-0.05, 0) is 62.1 Å². The summed E-state index contributed by atoms with van der Waals surface area (Å²) in [4.78, 5) is 44.1. The first kappa shape index (κ1) is 28.1. The van der Waals surface area contributed by atoms with E-state index < -0.39 is 16.9 Å². The number of thiazole rings is 1. The molecule has 12 heteroatoms. The van der Waals surface area contributed by atoms with Crippen molar-refractivity contribution >= 4 is 40.8 Å². The number of benzene rings is 2. The zero-order valence-electron chi connectivity index (χ0n) is 22.6. The van der Waals surface area contributed by atoms with Crippen molar-refractivity contribution in [3.63, 3.8) is 0 Å². The van der Waals surface area contributed by atoms with Gasteiger partial charge in [0.2, 0.25) is 0 Å². The van der Waals surface area contributed by atoms with Crippen LogP contribution in [0.4, 0.5) is 5.69 Å². The molecule has 1 atom stereocenters. The van der Waals surface area contributed by atoms with Crippen molar-refractivity contribution in [2.45, 2.75) is 24.8 Å². The molecule has 0 radical (unpaired) electrons. The maximum absolute atomic E-state index is 13.8. The van der Waals surface area contributed by atoms with Crippen LogP contribution in [0.3, 0.4) is 0 Å². The predicted molar refractivity (Wildman–Crippen MR) is 156 cm³/mol. The highest BCUT2D eigenvalue weighted by Gasteiger charge is 2.33. The van der Waals surface area contributed by atoms with Crippen molar-refractivity contribution < 1.29 is 23.6 Å². The third kappa shape index (κ3) is 5.35. The molecule has 2 aromatic heterocycles. The molecule has 5 rings (SSSR count). The number of rotatable bonds is 8. The lowest BCUT2D eigenvalue weighted by atomic mass is 9.96. The zero-order valence-corrected chi connectivity index (χ0v) is 24.2. The van der Waals surface area contributed by atoms with E-state index in [1.165, 1.54) is 17.7 Å². The Labute approximate surface area is 242 Å². The number of hydrogen-bond acceptors (Lipinski definition) is 10. The molecule has 3 heterocycles. The van der Waals surface area contributed by atoms with E-state index >= 15 is 0 Å². The van der Waals surface area contributed by atoms with E-state index in [-0.39, 0.29) is 29.2 Å². The van der Waals surface area contributed by atoms with Crippen LogP contribution in [0.25, 0.3) is 17.4 Å². The first-order valence-electron chi connectivity index (χ1n) is 12.5. The average Bonchev–Trinajstić information content (AvgIpc) is 3.56. The molecule has 1 aliphatic heterocycles. The highest BCUT2D eigenvalue weighted by atomic mass is 32.2. The number of hydrogen-bond donors (Lipinski definition) is 0. The van der Waals surface area contributed by atoms with Crippen LogP contribution < -0.4 is 19.6 Å². The molecule has 0 unspecified atom stereocenters. The smallest absolute Gasteiger partial charge is 0.338 e. The van der Waals surface area contributed by atoms with Gasteiger partial charge in [-0.2, -0.15) is 0 Å². The molecule has 0 saturated heterocycles. The summed E-state index contributed by atoms with van der Waals surface area (Å²) in [5, 5.41) is 11.7. The van der Waals surface area contributed by atoms with Gasteiger partial charge in [0, 0.05) is 11.0 Å². The summed E-state index contributed by atoms with van der Waals surface area (Å²) in [6.07, 6.45) is 3.54. The summed E-state index contributed by atoms with van der Waals surface area (Å²) in [7, 11) is 1.43. The quantitative estimate of drug-likeness (QED) is 0.125. The van der Waals surface area contributed by atoms with Gasteiger partial charge in [0.15, 0.2) is 4.80 Å². The third-order valence-corrected chi connectivity index (χ3v) is 8.24. The third-order valence-electron chi connectivity index (χ3n) is 6.52. The Morgan fingerprint density at radius 2 is 1.98 bits per heavy atom. The number of furan rings is 1. The highest BCUT2D eigenvalue weighted by Crippen LogP contribution is 2.35. The molecule has 4 aromatic rings. The number of aromatic nitrogens is 1. The van der Waals surface area contributed by atoms with Crippen LogP contribution in [0.5, 0.6) is 5.75 Å². The number of allylic oxidation sites excluding steroid dienone is 1. The Kier molecular flexibility index (Phi) is 7.95. The van der Waals surface area contributed by atoms with Gasteiger partial charge in [0.1, 0.15) is 17.3 Å². The lowest BCUT2D eigenvalue weighted by Crippen LogP contribution is -2.39. The summed E-state index contributed by atoms with van der Waals surface area (Å²) in [5.74, 6) is 0.422. The van der Waals surface area contributed by atoms with Crippen molar-refractivity contribution in [1.82, 2.24) is 4.57 Å². The Morgan fingerprint density at radius 1 is 1.22 bits per heavy atom. The second-order valence-electron chi connectivity index (χ2n) is 8.92. The fraction of sp³-hybridized carbons (Fsp3) is 0.207. The number of ether oxygens (including phenoxy) is 2. The van der Waals surface area contributed by atoms with E-state index in [1.807, 2.05) is 30.5 Å². The Hall–Kier alpha value is -4.42. The molecule has 10 nitrogen and oxygen atoms in total. The fourth-order valence-electron chi connectivity index (χ4n) is 4.60. The van der Waals surface area contributed by atoms with Gasteiger partial charge in [0.25, 0.3) is 11.2 Å². The minimum Gasteiger partial charge on any atom is -0.497 e. The first-order valence-corrected chi connectivity index (χ1v) is 14.6. The molecule has 0 bridgehead atoms. The van der Waals surface area contributed by atoms with Gasteiger partial charge in [-0.25, -0.2) is 9.79 Å². The topological polar surface area (TPSA) is 126 Å². The number of carbonyl (C=O) groups is 1. The average molecular weight is 592 g/mol. The van der Waals surface area contributed by atoms with Crippen molar-refractivity contribution in [3.05, 3.63) is 107 Å². The molecular formula is C29H25N3O7S2. The predicted octanol–water partition coefficient (Wildman–Crippen LogP) is 4.70. The Balaban J connectivity index is 1.62. The van der Waals surface area contributed by atoms with Crippen LogP contribution in [-0.2, 0) is 9.53 Å². The van der Waals surface area contributed by atoms with E-state index in [2.05, 4.69) is 4.99 Å². The van der Waals surface area contributed by atoms with E-state index in [1.54, 1.807) is 56.0 Å². The minimum atomic E-state index is -0.725. The molecule has 210 valence electrons. The van der Waals surface area contributed by atoms with Crippen LogP contribution in [0.2, 0.25) is 0 Å². The zero-order chi connectivity index (χ0) is 29.3. The molecule has 0 spiro atoms. The Morgan fingerprint density at radius 3 is 2.63 bits per heavy atom. The summed E-state index contributed by atoms with van der Waals surface area (Å²) < 4.78 is 18.2. The van der Waals surface area contributed by atoms with Crippen molar-refractivity contribution in [2.24, 2.45) is 4.99 Å². The lowest BCUT2D eigenvalue weighted by Gasteiger charge is -2.24. The maximum atomic E-state index is 13.8. The van der Waals surface area contributed by atoms with Gasteiger partial charge in [-0.15, -0.1) is 11.8 Å². The van der Waals surface area contributed by atoms with Crippen LogP contribution in [0.15, 0.2) is 85.0 Å². The molecule has 0 amide bonds. The molecule has 0 aliphatic carbocycles. The first-order chi connectivity index (χ1) is 19.7. The largest absolute Gasteiger partial charge is 0.497 e. The molecule has 0 saturated carbocycles. The second-order valence-corrected chi connectivity index (χ2v) is 10.8. The number of esters is 1. The summed E-state index contributed by atoms with van der Waals surface area (Å²) >= 11 is 2.76. The van der Waals surface area contributed by atoms with Crippen molar-refractivity contribution in [3.8, 4) is 17.1 Å². The minimum absolute atomic E-state index is 0.168. The number of nitro benzene ring substituents is 1. The maximum Gasteiger partial charge on any atom is 0.338 e. The summed E-state index contributed by atoms with van der Waals surface area (Å²) in [6, 6.07) is 14.7. The van der Waals surface area contributed by atoms with E-state index in [4.69, 9.17) is 13.9 Å². The molecule has 0 fully saturated rings. The van der Waals surface area contributed by atoms with Crippen molar-refractivity contribution in [1.29, 1.82) is 0 Å². The van der Waals surface area contributed by atoms with Crippen LogP contribution in [0, 0.1) is 10.1 Å². The molecular weight excluding hydrogens is 566 g/mol. The molecule has 1 aliphatic rings. The second kappa shape index (κ2) is 11.6. The number of thioether (sulfide) groups is 1. The molecule has 41 heavy (non-hydrogen) atoms.